The third kappa shape index (κ3) is 4.10. The van der Waals surface area contributed by atoms with Crippen molar-refractivity contribution < 1.29 is 4.74 Å². The average Bonchev–Trinajstić information content (AvgIpc) is 3.21. The Morgan fingerprint density at radius 2 is 2.07 bits per heavy atom. The normalized spacial score (nSPS) is 11.6. The van der Waals surface area contributed by atoms with E-state index in [9.17, 15) is 0 Å². The van der Waals surface area contributed by atoms with E-state index in [1.165, 1.54) is 0 Å². The Hall–Kier alpha value is -3.30. The van der Waals surface area contributed by atoms with Crippen molar-refractivity contribution in [2.45, 2.75) is 11.8 Å². The lowest BCUT2D eigenvalue weighted by atomic mass is 9.52. The number of rotatable bonds is 6. The van der Waals surface area contributed by atoms with Crippen LogP contribution in [-0.4, -0.2) is 63.8 Å². The number of hydrogen-bond acceptors (Lipinski definition) is 7. The van der Waals surface area contributed by atoms with Gasteiger partial charge in [-0.25, -0.2) is 19.7 Å². The molecular formula is C15H17B3N8O. The van der Waals surface area contributed by atoms with Crippen molar-refractivity contribution >= 4 is 46.3 Å². The summed E-state index contributed by atoms with van der Waals surface area (Å²) >= 11 is 0. The van der Waals surface area contributed by atoms with E-state index in [1.807, 2.05) is 41.9 Å². The van der Waals surface area contributed by atoms with Gasteiger partial charge in [0.25, 0.3) is 0 Å². The molecule has 0 saturated carbocycles. The predicted molar refractivity (Wildman–Crippen MR) is 110 cm³/mol. The lowest BCUT2D eigenvalue weighted by Crippen LogP contribution is -2.37. The first-order chi connectivity index (χ1) is 13.0. The molecule has 9 nitrogen and oxygen atoms in total. The molecular weight excluding hydrogens is 341 g/mol. The highest BCUT2D eigenvalue weighted by Gasteiger charge is 2.14. The molecule has 0 atom stereocenters. The lowest BCUT2D eigenvalue weighted by molar-refractivity contribution is 0.305. The first-order valence-electron chi connectivity index (χ1n) is 8.55. The Bertz CT molecular complexity index is 1060. The topological polar surface area (TPSA) is 106 Å². The standard InChI is InChI=1S/C15H17B3N8O/c16-15(17,18)27-13-4-11(24-25-13)22-12-7-20-10-6-21-26(14(10)23-12)8-9-2-1-3-19-5-9/h1-7H,8,16-18H2,(H2,22,23,24,25). The molecule has 0 aliphatic carbocycles. The number of anilines is 2. The third-order valence-corrected chi connectivity index (χ3v) is 3.63. The Morgan fingerprint density at radius 3 is 2.85 bits per heavy atom. The number of aromatic nitrogens is 7. The zero-order valence-corrected chi connectivity index (χ0v) is 15.3. The second kappa shape index (κ2) is 6.78. The van der Waals surface area contributed by atoms with E-state index >= 15 is 0 Å². The van der Waals surface area contributed by atoms with Crippen LogP contribution in [-0.2, 0) is 6.54 Å². The van der Waals surface area contributed by atoms with Crippen LogP contribution in [0.3, 0.4) is 0 Å². The fourth-order valence-electron chi connectivity index (χ4n) is 2.57. The van der Waals surface area contributed by atoms with Gasteiger partial charge in [-0.2, -0.15) is 10.2 Å². The van der Waals surface area contributed by atoms with Crippen molar-refractivity contribution in [1.82, 2.24) is 34.9 Å². The SMILES string of the molecule is BC(B)(B)Oc1cc(Nc2cnc3cnn(Cc4cccnc4)c3n2)n[nH]1. The molecule has 132 valence electrons. The number of nitrogens with zero attached hydrogens (tertiary/aromatic N) is 6. The molecule has 27 heavy (non-hydrogen) atoms. The molecule has 0 aromatic carbocycles. The van der Waals surface area contributed by atoms with Gasteiger partial charge in [0.15, 0.2) is 17.3 Å². The monoisotopic (exact) mass is 358 g/mol. The van der Waals surface area contributed by atoms with Gasteiger partial charge in [0.1, 0.15) is 29.1 Å². The zero-order valence-electron chi connectivity index (χ0n) is 15.3. The molecule has 4 aromatic heterocycles. The maximum absolute atomic E-state index is 5.75. The molecule has 0 amide bonds. The molecule has 0 radical (unpaired) electrons. The van der Waals surface area contributed by atoms with Crippen molar-refractivity contribution in [3.8, 4) is 5.88 Å². The molecule has 4 aromatic rings. The van der Waals surface area contributed by atoms with Crippen LogP contribution in [0, 0.1) is 0 Å². The molecule has 4 heterocycles. The summed E-state index contributed by atoms with van der Waals surface area (Å²) in [5.41, 5.74) is 2.45. The second-order valence-electron chi connectivity index (χ2n) is 7.08. The van der Waals surface area contributed by atoms with Crippen LogP contribution in [0.15, 0.2) is 43.0 Å². The quantitative estimate of drug-likeness (QED) is 0.410. The van der Waals surface area contributed by atoms with E-state index in [0.717, 1.165) is 11.1 Å². The summed E-state index contributed by atoms with van der Waals surface area (Å²) in [6.45, 7) is 0.571. The smallest absolute Gasteiger partial charge is 0.209 e. The van der Waals surface area contributed by atoms with Gasteiger partial charge >= 0.3 is 0 Å². The van der Waals surface area contributed by atoms with Crippen LogP contribution in [0.25, 0.3) is 11.2 Å². The van der Waals surface area contributed by atoms with E-state index < -0.39 is 0 Å². The Balaban J connectivity index is 1.55. The van der Waals surface area contributed by atoms with Gasteiger partial charge in [-0.1, -0.05) is 6.07 Å². The number of ether oxygens (including phenoxy) is 1. The fraction of sp³-hybridized carbons (Fsp3) is 0.133. The van der Waals surface area contributed by atoms with E-state index in [4.69, 9.17) is 4.74 Å². The number of fused-ring (bicyclic) bond motifs is 1. The highest BCUT2D eigenvalue weighted by atomic mass is 16.5. The molecule has 0 saturated heterocycles. The van der Waals surface area contributed by atoms with Crippen LogP contribution in [0.4, 0.5) is 11.6 Å². The average molecular weight is 358 g/mol. The molecule has 0 bridgehead atoms. The number of nitrogens with one attached hydrogen (secondary N) is 2. The highest BCUT2D eigenvalue weighted by molar-refractivity contribution is 6.58. The molecule has 2 N–H and O–H groups in total. The van der Waals surface area contributed by atoms with Crippen LogP contribution in [0.5, 0.6) is 5.88 Å². The van der Waals surface area contributed by atoms with Crippen molar-refractivity contribution in [3.05, 3.63) is 48.5 Å². The minimum absolute atomic E-state index is 0.304. The summed E-state index contributed by atoms with van der Waals surface area (Å²) in [5.74, 6) is 1.76. The van der Waals surface area contributed by atoms with Crippen molar-refractivity contribution in [1.29, 1.82) is 0 Å². The first kappa shape index (κ1) is 17.1. The van der Waals surface area contributed by atoms with Crippen molar-refractivity contribution in [3.63, 3.8) is 0 Å². The summed E-state index contributed by atoms with van der Waals surface area (Å²) in [6, 6.07) is 5.68. The first-order valence-corrected chi connectivity index (χ1v) is 8.55. The predicted octanol–water partition coefficient (Wildman–Crippen LogP) is -1.37. The minimum Gasteiger partial charge on any atom is -0.499 e. The molecule has 0 aliphatic heterocycles. The van der Waals surface area contributed by atoms with Crippen LogP contribution in [0.1, 0.15) is 5.56 Å². The minimum atomic E-state index is -0.304. The van der Waals surface area contributed by atoms with Crippen LogP contribution >= 0.6 is 0 Å². The van der Waals surface area contributed by atoms with E-state index in [0.29, 0.717) is 29.7 Å². The van der Waals surface area contributed by atoms with Gasteiger partial charge in [0.05, 0.1) is 18.9 Å². The summed E-state index contributed by atoms with van der Waals surface area (Å²) in [7, 11) is 5.93. The number of aromatic amines is 1. The molecule has 0 unspecified atom stereocenters. The number of H-pyrrole nitrogens is 1. The summed E-state index contributed by atoms with van der Waals surface area (Å²) in [5, 5.41) is 14.3. The van der Waals surface area contributed by atoms with Gasteiger partial charge in [-0.15, -0.1) is 0 Å². The fourth-order valence-corrected chi connectivity index (χ4v) is 2.57. The molecule has 0 aliphatic rings. The Morgan fingerprint density at radius 1 is 1.19 bits per heavy atom. The van der Waals surface area contributed by atoms with Gasteiger partial charge in [0.2, 0.25) is 5.88 Å². The molecule has 12 heteroatoms. The van der Waals surface area contributed by atoms with Crippen molar-refractivity contribution in [2.24, 2.45) is 0 Å². The maximum atomic E-state index is 5.75. The maximum Gasteiger partial charge on any atom is 0.209 e. The lowest BCUT2D eigenvalue weighted by Gasteiger charge is -2.19. The molecule has 0 spiro atoms. The number of pyridine rings is 1. The van der Waals surface area contributed by atoms with Gasteiger partial charge < -0.3 is 10.1 Å². The third-order valence-electron chi connectivity index (χ3n) is 3.63. The molecule has 0 fully saturated rings. The Kier molecular flexibility index (Phi) is 4.31. The van der Waals surface area contributed by atoms with Gasteiger partial charge in [-0.3, -0.25) is 4.98 Å². The summed E-state index contributed by atoms with van der Waals surface area (Å²) < 4.78 is 7.54. The van der Waals surface area contributed by atoms with Gasteiger partial charge in [0, 0.05) is 23.8 Å². The summed E-state index contributed by atoms with van der Waals surface area (Å²) in [6.07, 6.45) is 6.90. The zero-order chi connectivity index (χ0) is 18.9. The largest absolute Gasteiger partial charge is 0.499 e. The van der Waals surface area contributed by atoms with E-state index in [-0.39, 0.29) is 5.30 Å². The number of hydrogen-bond donors (Lipinski definition) is 2. The van der Waals surface area contributed by atoms with Crippen LogP contribution < -0.4 is 10.1 Å². The highest BCUT2D eigenvalue weighted by Crippen LogP contribution is 2.20. The van der Waals surface area contributed by atoms with E-state index in [1.54, 1.807) is 29.3 Å². The van der Waals surface area contributed by atoms with E-state index in [2.05, 4.69) is 35.6 Å². The second-order valence-corrected chi connectivity index (χ2v) is 7.08. The molecule has 4 rings (SSSR count). The Labute approximate surface area is 158 Å². The van der Waals surface area contributed by atoms with Gasteiger partial charge in [-0.05, 0) is 11.6 Å². The summed E-state index contributed by atoms with van der Waals surface area (Å²) in [4.78, 5) is 13.2. The van der Waals surface area contributed by atoms with Crippen molar-refractivity contribution in [2.75, 3.05) is 5.32 Å². The van der Waals surface area contributed by atoms with Crippen LogP contribution in [0.2, 0.25) is 0 Å².